The van der Waals surface area contributed by atoms with Gasteiger partial charge in [0.1, 0.15) is 0 Å². The van der Waals surface area contributed by atoms with Crippen molar-refractivity contribution in [3.8, 4) is 0 Å². The number of nitrogens with two attached hydrogens (primary N) is 1. The first-order valence-corrected chi connectivity index (χ1v) is 7.65. The summed E-state index contributed by atoms with van der Waals surface area (Å²) in [5.74, 6) is 0.998. The van der Waals surface area contributed by atoms with E-state index in [1.54, 1.807) is 11.8 Å². The standard InChI is InChI=1S/C14H21N3OS/c15-12-6-8-17(10-12)11-14(18)16-7-9-19-13-4-2-1-3-5-13/h1-5,12H,6-11,15H2,(H,16,18)/t12-/m1/s1. The average molecular weight is 279 g/mol. The molecule has 104 valence electrons. The lowest BCUT2D eigenvalue weighted by atomic mass is 10.3. The topological polar surface area (TPSA) is 58.4 Å². The number of nitrogens with one attached hydrogen (secondary N) is 1. The Kier molecular flexibility index (Phi) is 5.69. The number of hydrogen-bond donors (Lipinski definition) is 2. The maximum Gasteiger partial charge on any atom is 0.234 e. The largest absolute Gasteiger partial charge is 0.354 e. The molecule has 1 fully saturated rings. The third-order valence-corrected chi connectivity index (χ3v) is 4.13. The lowest BCUT2D eigenvalue weighted by Gasteiger charge is -2.14. The van der Waals surface area contributed by atoms with Gasteiger partial charge < -0.3 is 11.1 Å². The normalized spacial score (nSPS) is 19.5. The highest BCUT2D eigenvalue weighted by Gasteiger charge is 2.20. The predicted octanol–water partition coefficient (Wildman–Crippen LogP) is 0.928. The maximum absolute atomic E-state index is 11.7. The van der Waals surface area contributed by atoms with Crippen molar-refractivity contribution in [2.24, 2.45) is 5.73 Å². The maximum atomic E-state index is 11.7. The van der Waals surface area contributed by atoms with Crippen LogP contribution in [0.25, 0.3) is 0 Å². The summed E-state index contributed by atoms with van der Waals surface area (Å²) in [6.45, 7) is 2.96. The number of amides is 1. The van der Waals surface area contributed by atoms with Crippen molar-refractivity contribution in [1.82, 2.24) is 10.2 Å². The minimum Gasteiger partial charge on any atom is -0.354 e. The van der Waals surface area contributed by atoms with Gasteiger partial charge in [-0.05, 0) is 18.6 Å². The molecule has 1 aliphatic rings. The van der Waals surface area contributed by atoms with Gasteiger partial charge in [0, 0.05) is 36.3 Å². The van der Waals surface area contributed by atoms with Gasteiger partial charge in [-0.3, -0.25) is 9.69 Å². The fourth-order valence-electron chi connectivity index (χ4n) is 2.14. The SMILES string of the molecule is N[C@@H]1CCN(CC(=O)NCCSc2ccccc2)C1. The highest BCUT2D eigenvalue weighted by atomic mass is 32.2. The second kappa shape index (κ2) is 7.53. The molecule has 1 aliphatic heterocycles. The summed E-state index contributed by atoms with van der Waals surface area (Å²) < 4.78 is 0. The van der Waals surface area contributed by atoms with Crippen molar-refractivity contribution in [3.63, 3.8) is 0 Å². The van der Waals surface area contributed by atoms with Crippen LogP contribution in [0.3, 0.4) is 0 Å². The van der Waals surface area contributed by atoms with Crippen molar-refractivity contribution in [2.75, 3.05) is 31.9 Å². The van der Waals surface area contributed by atoms with Crippen LogP contribution in [-0.2, 0) is 4.79 Å². The summed E-state index contributed by atoms with van der Waals surface area (Å²) in [5, 5.41) is 2.95. The van der Waals surface area contributed by atoms with Gasteiger partial charge in [0.25, 0.3) is 0 Å². The van der Waals surface area contributed by atoms with Crippen LogP contribution in [0, 0.1) is 0 Å². The van der Waals surface area contributed by atoms with E-state index in [1.807, 2.05) is 18.2 Å². The molecule has 1 aromatic rings. The first-order valence-electron chi connectivity index (χ1n) is 6.66. The molecular weight excluding hydrogens is 258 g/mol. The summed E-state index contributed by atoms with van der Waals surface area (Å²) >= 11 is 1.76. The molecule has 1 saturated heterocycles. The van der Waals surface area contributed by atoms with Crippen molar-refractivity contribution in [1.29, 1.82) is 0 Å². The zero-order valence-corrected chi connectivity index (χ0v) is 11.9. The molecule has 1 aromatic carbocycles. The highest BCUT2D eigenvalue weighted by molar-refractivity contribution is 7.99. The number of thioether (sulfide) groups is 1. The van der Waals surface area contributed by atoms with E-state index in [2.05, 4.69) is 22.3 Å². The van der Waals surface area contributed by atoms with E-state index in [0.717, 1.165) is 25.3 Å². The lowest BCUT2D eigenvalue weighted by Crippen LogP contribution is -2.38. The van der Waals surface area contributed by atoms with Gasteiger partial charge in [-0.1, -0.05) is 18.2 Å². The molecule has 0 unspecified atom stereocenters. The van der Waals surface area contributed by atoms with Crippen molar-refractivity contribution < 1.29 is 4.79 Å². The summed E-state index contributed by atoms with van der Waals surface area (Å²) in [6, 6.07) is 10.5. The molecule has 3 N–H and O–H groups in total. The third-order valence-electron chi connectivity index (χ3n) is 3.11. The lowest BCUT2D eigenvalue weighted by molar-refractivity contribution is -0.121. The Morgan fingerprint density at radius 1 is 1.42 bits per heavy atom. The van der Waals surface area contributed by atoms with Gasteiger partial charge in [0.15, 0.2) is 0 Å². The van der Waals surface area contributed by atoms with Gasteiger partial charge in [-0.25, -0.2) is 0 Å². The molecule has 0 spiro atoms. The monoisotopic (exact) mass is 279 g/mol. The summed E-state index contributed by atoms with van der Waals surface area (Å²) in [6.07, 6.45) is 0.997. The first-order chi connectivity index (χ1) is 9.24. The average Bonchev–Trinajstić information content (AvgIpc) is 2.81. The van der Waals surface area contributed by atoms with Crippen molar-refractivity contribution in [3.05, 3.63) is 30.3 Å². The fourth-order valence-corrected chi connectivity index (χ4v) is 2.93. The fraction of sp³-hybridized carbons (Fsp3) is 0.500. The molecule has 1 atom stereocenters. The number of rotatable bonds is 6. The quantitative estimate of drug-likeness (QED) is 0.601. The van der Waals surface area contributed by atoms with Gasteiger partial charge in [0.05, 0.1) is 6.54 Å². The summed E-state index contributed by atoms with van der Waals surface area (Å²) in [7, 11) is 0. The number of nitrogens with zero attached hydrogens (tertiary/aromatic N) is 1. The Balaban J connectivity index is 1.57. The molecule has 1 heterocycles. The minimum absolute atomic E-state index is 0.0998. The van der Waals surface area contributed by atoms with Gasteiger partial charge in [-0.15, -0.1) is 11.8 Å². The molecule has 0 aromatic heterocycles. The van der Waals surface area contributed by atoms with Crippen molar-refractivity contribution >= 4 is 17.7 Å². The van der Waals surface area contributed by atoms with E-state index >= 15 is 0 Å². The minimum atomic E-state index is 0.0998. The van der Waals surface area contributed by atoms with Crippen LogP contribution >= 0.6 is 11.8 Å². The van der Waals surface area contributed by atoms with Crippen LogP contribution in [-0.4, -0.2) is 48.8 Å². The Morgan fingerprint density at radius 2 is 2.21 bits per heavy atom. The second-order valence-electron chi connectivity index (χ2n) is 4.80. The van der Waals surface area contributed by atoms with Crippen LogP contribution in [0.5, 0.6) is 0 Å². The number of hydrogen-bond acceptors (Lipinski definition) is 4. The number of carbonyl (C=O) groups excluding carboxylic acids is 1. The van der Waals surface area contributed by atoms with E-state index in [1.165, 1.54) is 4.90 Å². The Bertz CT molecular complexity index is 399. The van der Waals surface area contributed by atoms with Crippen LogP contribution in [0.4, 0.5) is 0 Å². The molecule has 1 amide bonds. The Morgan fingerprint density at radius 3 is 2.89 bits per heavy atom. The third kappa shape index (κ3) is 5.22. The van der Waals surface area contributed by atoms with Gasteiger partial charge in [-0.2, -0.15) is 0 Å². The molecule has 0 aliphatic carbocycles. The molecular formula is C14H21N3OS. The van der Waals surface area contributed by atoms with Crippen molar-refractivity contribution in [2.45, 2.75) is 17.4 Å². The van der Waals surface area contributed by atoms with E-state index in [0.29, 0.717) is 13.1 Å². The van der Waals surface area contributed by atoms with Crippen LogP contribution in [0.1, 0.15) is 6.42 Å². The molecule has 0 saturated carbocycles. The Labute approximate surface area is 118 Å². The smallest absolute Gasteiger partial charge is 0.234 e. The van der Waals surface area contributed by atoms with E-state index in [4.69, 9.17) is 5.73 Å². The second-order valence-corrected chi connectivity index (χ2v) is 5.96. The summed E-state index contributed by atoms with van der Waals surface area (Å²) in [4.78, 5) is 15.1. The zero-order chi connectivity index (χ0) is 13.5. The predicted molar refractivity (Wildman–Crippen MR) is 79.2 cm³/mol. The van der Waals surface area contributed by atoms with E-state index in [9.17, 15) is 4.79 Å². The molecule has 0 radical (unpaired) electrons. The van der Waals surface area contributed by atoms with E-state index < -0.39 is 0 Å². The van der Waals surface area contributed by atoms with Gasteiger partial charge in [0.2, 0.25) is 5.91 Å². The van der Waals surface area contributed by atoms with Crippen LogP contribution in [0.2, 0.25) is 0 Å². The Hall–Kier alpha value is -1.04. The van der Waals surface area contributed by atoms with Crippen LogP contribution < -0.4 is 11.1 Å². The number of carbonyl (C=O) groups is 1. The first kappa shape index (κ1) is 14.4. The highest BCUT2D eigenvalue weighted by Crippen LogP contribution is 2.15. The number of likely N-dealkylation sites (tertiary alicyclic amines) is 1. The molecule has 0 bridgehead atoms. The van der Waals surface area contributed by atoms with Gasteiger partial charge >= 0.3 is 0 Å². The van der Waals surface area contributed by atoms with Crippen LogP contribution in [0.15, 0.2) is 35.2 Å². The molecule has 19 heavy (non-hydrogen) atoms. The molecule has 4 nitrogen and oxygen atoms in total. The number of benzene rings is 1. The molecule has 2 rings (SSSR count). The summed E-state index contributed by atoms with van der Waals surface area (Å²) in [5.41, 5.74) is 5.81. The van der Waals surface area contributed by atoms with E-state index in [-0.39, 0.29) is 11.9 Å². The molecule has 5 heteroatoms. The zero-order valence-electron chi connectivity index (χ0n) is 11.0.